The Balaban J connectivity index is 2.56. The molecule has 0 saturated carbocycles. The summed E-state index contributed by atoms with van der Waals surface area (Å²) in [6, 6.07) is 7.63. The van der Waals surface area contributed by atoms with Crippen LogP contribution in [0.2, 0.25) is 0 Å². The summed E-state index contributed by atoms with van der Waals surface area (Å²) in [6.45, 7) is 2.90. The molecule has 0 spiro atoms. The van der Waals surface area contributed by atoms with Crippen molar-refractivity contribution in [3.8, 4) is 11.8 Å². The van der Waals surface area contributed by atoms with Crippen LogP contribution >= 0.6 is 0 Å². The summed E-state index contributed by atoms with van der Waals surface area (Å²) in [7, 11) is 1.86. The third kappa shape index (κ3) is 5.19. The van der Waals surface area contributed by atoms with Crippen molar-refractivity contribution in [1.29, 1.82) is 0 Å². The Labute approximate surface area is 102 Å². The number of carbonyl (C=O) groups excluding carboxylic acids is 1. The molecule has 0 heterocycles. The van der Waals surface area contributed by atoms with Gasteiger partial charge in [-0.1, -0.05) is 24.0 Å². The lowest BCUT2D eigenvalue weighted by atomic mass is 10.1. The van der Waals surface area contributed by atoms with E-state index < -0.39 is 0 Å². The summed E-state index contributed by atoms with van der Waals surface area (Å²) >= 11 is 0. The highest BCUT2D eigenvalue weighted by Gasteiger charge is 2.02. The molecular formula is C14H17NO2. The summed E-state index contributed by atoms with van der Waals surface area (Å²) in [5.74, 6) is 5.81. The zero-order chi connectivity index (χ0) is 12.5. The first-order chi connectivity index (χ1) is 8.26. The molecule has 0 fully saturated rings. The van der Waals surface area contributed by atoms with E-state index in [4.69, 9.17) is 4.74 Å². The number of nitrogens with one attached hydrogen (secondary N) is 1. The molecule has 3 nitrogen and oxygen atoms in total. The van der Waals surface area contributed by atoms with Crippen molar-refractivity contribution in [3.05, 3.63) is 35.4 Å². The first-order valence-electron chi connectivity index (χ1n) is 5.64. The van der Waals surface area contributed by atoms with Gasteiger partial charge in [0.25, 0.3) is 0 Å². The van der Waals surface area contributed by atoms with Crippen LogP contribution in [0.25, 0.3) is 0 Å². The average Bonchev–Trinajstić information content (AvgIpc) is 2.32. The summed E-state index contributed by atoms with van der Waals surface area (Å²) in [6.07, 6.45) is 0.318. The highest BCUT2D eigenvalue weighted by atomic mass is 16.5. The van der Waals surface area contributed by atoms with Crippen molar-refractivity contribution in [3.63, 3.8) is 0 Å². The molecule has 3 heteroatoms. The summed E-state index contributed by atoms with van der Waals surface area (Å²) in [5.41, 5.74) is 1.90. The Bertz CT molecular complexity index is 412. The summed E-state index contributed by atoms with van der Waals surface area (Å²) in [5, 5.41) is 2.95. The second-order valence-electron chi connectivity index (χ2n) is 3.51. The van der Waals surface area contributed by atoms with Gasteiger partial charge in [0.2, 0.25) is 0 Å². The standard InChI is InChI=1S/C14H17NO2/c1-3-17-14(16)11-13-8-6-12(7-9-13)5-4-10-15-2/h6-9,15H,3,10-11H2,1-2H3. The van der Waals surface area contributed by atoms with Crippen LogP contribution in [0.5, 0.6) is 0 Å². The van der Waals surface area contributed by atoms with Gasteiger partial charge in [-0.2, -0.15) is 0 Å². The minimum Gasteiger partial charge on any atom is -0.466 e. The minimum atomic E-state index is -0.193. The van der Waals surface area contributed by atoms with Gasteiger partial charge in [0.1, 0.15) is 0 Å². The summed E-state index contributed by atoms with van der Waals surface area (Å²) < 4.78 is 4.88. The van der Waals surface area contributed by atoms with Crippen molar-refractivity contribution >= 4 is 5.97 Å². The molecule has 1 rings (SSSR count). The van der Waals surface area contributed by atoms with Crippen molar-refractivity contribution in [2.75, 3.05) is 20.2 Å². The van der Waals surface area contributed by atoms with Gasteiger partial charge in [-0.25, -0.2) is 0 Å². The zero-order valence-electron chi connectivity index (χ0n) is 10.2. The lowest BCUT2D eigenvalue weighted by Crippen LogP contribution is -2.07. The van der Waals surface area contributed by atoms with Gasteiger partial charge >= 0.3 is 5.97 Å². The Morgan fingerprint density at radius 1 is 1.35 bits per heavy atom. The average molecular weight is 231 g/mol. The maximum absolute atomic E-state index is 11.2. The van der Waals surface area contributed by atoms with Gasteiger partial charge in [-0.3, -0.25) is 4.79 Å². The molecule has 0 amide bonds. The van der Waals surface area contributed by atoms with E-state index >= 15 is 0 Å². The highest BCUT2D eigenvalue weighted by Crippen LogP contribution is 2.04. The Hall–Kier alpha value is -1.79. The van der Waals surface area contributed by atoms with Gasteiger partial charge < -0.3 is 10.1 Å². The molecule has 1 aromatic carbocycles. The number of benzene rings is 1. The maximum atomic E-state index is 11.2. The predicted molar refractivity (Wildman–Crippen MR) is 67.6 cm³/mol. The number of esters is 1. The van der Waals surface area contributed by atoms with Crippen LogP contribution in [0.15, 0.2) is 24.3 Å². The monoisotopic (exact) mass is 231 g/mol. The third-order valence-electron chi connectivity index (χ3n) is 2.11. The van der Waals surface area contributed by atoms with Gasteiger partial charge in [-0.15, -0.1) is 0 Å². The fourth-order valence-corrected chi connectivity index (χ4v) is 1.32. The van der Waals surface area contributed by atoms with Crippen LogP contribution in [-0.4, -0.2) is 26.2 Å². The molecule has 0 radical (unpaired) electrons. The number of hydrogen-bond acceptors (Lipinski definition) is 3. The van der Waals surface area contributed by atoms with Crippen LogP contribution < -0.4 is 5.32 Å². The van der Waals surface area contributed by atoms with Crippen LogP contribution in [0.3, 0.4) is 0 Å². The van der Waals surface area contributed by atoms with Gasteiger partial charge in [-0.05, 0) is 31.7 Å². The van der Waals surface area contributed by atoms with Crippen LogP contribution in [-0.2, 0) is 16.0 Å². The molecule has 0 unspecified atom stereocenters. The molecule has 17 heavy (non-hydrogen) atoms. The quantitative estimate of drug-likeness (QED) is 0.628. The van der Waals surface area contributed by atoms with E-state index in [1.54, 1.807) is 6.92 Å². The number of hydrogen-bond donors (Lipinski definition) is 1. The van der Waals surface area contributed by atoms with Crippen LogP contribution in [0, 0.1) is 11.8 Å². The molecule has 0 aliphatic carbocycles. The SMILES string of the molecule is CCOC(=O)Cc1ccc(C#CCNC)cc1. The topological polar surface area (TPSA) is 38.3 Å². The second-order valence-corrected chi connectivity index (χ2v) is 3.51. The van der Waals surface area contributed by atoms with E-state index in [-0.39, 0.29) is 5.97 Å². The smallest absolute Gasteiger partial charge is 0.310 e. The van der Waals surface area contributed by atoms with Gasteiger partial charge in [0.05, 0.1) is 19.6 Å². The minimum absolute atomic E-state index is 0.193. The fourth-order valence-electron chi connectivity index (χ4n) is 1.32. The fraction of sp³-hybridized carbons (Fsp3) is 0.357. The molecule has 0 aliphatic heterocycles. The summed E-state index contributed by atoms with van der Waals surface area (Å²) in [4.78, 5) is 11.2. The first-order valence-corrected chi connectivity index (χ1v) is 5.64. The van der Waals surface area contributed by atoms with Crippen molar-refractivity contribution in [2.24, 2.45) is 0 Å². The maximum Gasteiger partial charge on any atom is 0.310 e. The lowest BCUT2D eigenvalue weighted by molar-refractivity contribution is -0.142. The number of carbonyl (C=O) groups is 1. The van der Waals surface area contributed by atoms with Gasteiger partial charge in [0.15, 0.2) is 0 Å². The largest absolute Gasteiger partial charge is 0.466 e. The molecule has 0 aromatic heterocycles. The van der Waals surface area contributed by atoms with Crippen molar-refractivity contribution in [2.45, 2.75) is 13.3 Å². The molecule has 0 atom stereocenters. The molecular weight excluding hydrogens is 214 g/mol. The molecule has 1 aromatic rings. The van der Waals surface area contributed by atoms with E-state index in [0.717, 1.165) is 11.1 Å². The third-order valence-corrected chi connectivity index (χ3v) is 2.11. The van der Waals surface area contributed by atoms with E-state index in [0.29, 0.717) is 19.6 Å². The highest BCUT2D eigenvalue weighted by molar-refractivity contribution is 5.72. The van der Waals surface area contributed by atoms with Crippen LogP contribution in [0.1, 0.15) is 18.1 Å². The Morgan fingerprint density at radius 3 is 2.65 bits per heavy atom. The zero-order valence-corrected chi connectivity index (χ0v) is 10.2. The molecule has 0 aliphatic rings. The Kier molecular flexibility index (Phi) is 5.84. The second kappa shape index (κ2) is 7.48. The van der Waals surface area contributed by atoms with Gasteiger partial charge in [0, 0.05) is 5.56 Å². The number of ether oxygens (including phenoxy) is 1. The molecule has 1 N–H and O–H groups in total. The molecule has 90 valence electrons. The normalized spacial score (nSPS) is 9.29. The lowest BCUT2D eigenvalue weighted by Gasteiger charge is -2.01. The molecule has 0 bridgehead atoms. The molecule has 0 saturated heterocycles. The van der Waals surface area contributed by atoms with E-state index in [1.165, 1.54) is 0 Å². The number of rotatable bonds is 4. The van der Waals surface area contributed by atoms with E-state index in [2.05, 4.69) is 17.2 Å². The van der Waals surface area contributed by atoms with Crippen molar-refractivity contribution < 1.29 is 9.53 Å². The Morgan fingerprint density at radius 2 is 2.06 bits per heavy atom. The van der Waals surface area contributed by atoms with E-state index in [1.807, 2.05) is 31.3 Å². The first kappa shape index (κ1) is 13.3. The van der Waals surface area contributed by atoms with Crippen LogP contribution in [0.4, 0.5) is 0 Å². The predicted octanol–water partition coefficient (Wildman–Crippen LogP) is 1.36. The van der Waals surface area contributed by atoms with Crippen molar-refractivity contribution in [1.82, 2.24) is 5.32 Å². The van der Waals surface area contributed by atoms with E-state index in [9.17, 15) is 4.79 Å².